The highest BCUT2D eigenvalue weighted by molar-refractivity contribution is 9.10. The SMILES string of the molecule is CC(N)Cc1ccc(N2Cc3ccccc3C2)cc1Br. The number of hydrogen-bond donors (Lipinski definition) is 1. The summed E-state index contributed by atoms with van der Waals surface area (Å²) >= 11 is 3.68. The van der Waals surface area contributed by atoms with Crippen LogP contribution in [0.15, 0.2) is 46.9 Å². The molecule has 0 aliphatic carbocycles. The number of anilines is 1. The lowest BCUT2D eigenvalue weighted by atomic mass is 10.1. The van der Waals surface area contributed by atoms with E-state index in [2.05, 4.69) is 63.3 Å². The summed E-state index contributed by atoms with van der Waals surface area (Å²) in [5.74, 6) is 0. The minimum Gasteiger partial charge on any atom is -0.363 e. The molecule has 2 aromatic rings. The molecule has 2 N–H and O–H groups in total. The van der Waals surface area contributed by atoms with Gasteiger partial charge < -0.3 is 10.6 Å². The molecular weight excluding hydrogens is 312 g/mol. The number of nitrogens with two attached hydrogens (primary N) is 1. The number of hydrogen-bond acceptors (Lipinski definition) is 2. The number of rotatable bonds is 3. The van der Waals surface area contributed by atoms with E-state index in [1.54, 1.807) is 0 Å². The van der Waals surface area contributed by atoms with Gasteiger partial charge in [0.05, 0.1) is 0 Å². The normalized spacial score (nSPS) is 15.2. The number of benzene rings is 2. The maximum atomic E-state index is 5.88. The quantitative estimate of drug-likeness (QED) is 0.925. The zero-order valence-corrected chi connectivity index (χ0v) is 13.2. The molecule has 0 spiro atoms. The number of fused-ring (bicyclic) bond motifs is 1. The van der Waals surface area contributed by atoms with Gasteiger partial charge in [-0.2, -0.15) is 0 Å². The maximum Gasteiger partial charge on any atom is 0.0436 e. The summed E-state index contributed by atoms with van der Waals surface area (Å²) in [6.07, 6.45) is 0.904. The summed E-state index contributed by atoms with van der Waals surface area (Å²) in [5, 5.41) is 0. The van der Waals surface area contributed by atoms with Crippen LogP contribution >= 0.6 is 15.9 Å². The molecule has 2 nitrogen and oxygen atoms in total. The van der Waals surface area contributed by atoms with Crippen LogP contribution in [0.2, 0.25) is 0 Å². The lowest BCUT2D eigenvalue weighted by Gasteiger charge is -2.19. The van der Waals surface area contributed by atoms with Gasteiger partial charge in [0, 0.05) is 29.3 Å². The molecule has 20 heavy (non-hydrogen) atoms. The van der Waals surface area contributed by atoms with Gasteiger partial charge >= 0.3 is 0 Å². The molecule has 1 aliphatic rings. The second-order valence-corrected chi connectivity index (χ2v) is 6.44. The van der Waals surface area contributed by atoms with Crippen molar-refractivity contribution in [2.75, 3.05) is 4.90 Å². The van der Waals surface area contributed by atoms with E-state index in [9.17, 15) is 0 Å². The maximum absolute atomic E-state index is 5.88. The minimum absolute atomic E-state index is 0.188. The predicted octanol–water partition coefficient (Wildman–Crippen LogP) is 3.86. The van der Waals surface area contributed by atoms with Crippen molar-refractivity contribution >= 4 is 21.6 Å². The van der Waals surface area contributed by atoms with Gasteiger partial charge in [-0.1, -0.05) is 46.3 Å². The van der Waals surface area contributed by atoms with E-state index in [0.717, 1.165) is 24.0 Å². The number of nitrogens with zero attached hydrogens (tertiary/aromatic N) is 1. The van der Waals surface area contributed by atoms with Crippen molar-refractivity contribution in [3.05, 3.63) is 63.6 Å². The summed E-state index contributed by atoms with van der Waals surface area (Å²) in [6, 6.07) is 15.5. The molecule has 1 heterocycles. The molecular formula is C17H19BrN2. The van der Waals surface area contributed by atoms with Gasteiger partial charge in [0.15, 0.2) is 0 Å². The second kappa shape index (κ2) is 5.58. The van der Waals surface area contributed by atoms with Crippen molar-refractivity contribution in [1.82, 2.24) is 0 Å². The van der Waals surface area contributed by atoms with Gasteiger partial charge in [0.25, 0.3) is 0 Å². The molecule has 0 fully saturated rings. The third-order valence-electron chi connectivity index (χ3n) is 3.78. The zero-order chi connectivity index (χ0) is 14.1. The van der Waals surface area contributed by atoms with Crippen LogP contribution in [0, 0.1) is 0 Å². The van der Waals surface area contributed by atoms with Crippen molar-refractivity contribution in [1.29, 1.82) is 0 Å². The van der Waals surface area contributed by atoms with Crippen LogP contribution in [-0.2, 0) is 19.5 Å². The molecule has 104 valence electrons. The second-order valence-electron chi connectivity index (χ2n) is 5.58. The van der Waals surface area contributed by atoms with Crippen LogP contribution < -0.4 is 10.6 Å². The first-order chi connectivity index (χ1) is 9.63. The Morgan fingerprint density at radius 2 is 1.80 bits per heavy atom. The van der Waals surface area contributed by atoms with Crippen molar-refractivity contribution in [2.24, 2.45) is 5.73 Å². The Morgan fingerprint density at radius 3 is 2.35 bits per heavy atom. The molecule has 0 amide bonds. The lowest BCUT2D eigenvalue weighted by Crippen LogP contribution is -2.18. The zero-order valence-electron chi connectivity index (χ0n) is 11.6. The van der Waals surface area contributed by atoms with Crippen LogP contribution in [0.4, 0.5) is 5.69 Å². The van der Waals surface area contributed by atoms with Crippen LogP contribution in [-0.4, -0.2) is 6.04 Å². The third-order valence-corrected chi connectivity index (χ3v) is 4.52. The van der Waals surface area contributed by atoms with E-state index in [-0.39, 0.29) is 6.04 Å². The summed E-state index contributed by atoms with van der Waals surface area (Å²) < 4.78 is 1.16. The highest BCUT2D eigenvalue weighted by atomic mass is 79.9. The Balaban J connectivity index is 1.81. The average molecular weight is 331 g/mol. The molecule has 0 saturated carbocycles. The van der Waals surface area contributed by atoms with Crippen molar-refractivity contribution in [2.45, 2.75) is 32.5 Å². The standard InChI is InChI=1S/C17H19BrN2/c1-12(19)8-13-6-7-16(9-17(13)18)20-10-14-4-2-3-5-15(14)11-20/h2-7,9,12H,8,10-11,19H2,1H3. The smallest absolute Gasteiger partial charge is 0.0436 e. The first-order valence-electron chi connectivity index (χ1n) is 6.99. The van der Waals surface area contributed by atoms with Crippen LogP contribution in [0.3, 0.4) is 0 Å². The fourth-order valence-electron chi connectivity index (χ4n) is 2.76. The summed E-state index contributed by atoms with van der Waals surface area (Å²) in [5.41, 5.74) is 11.3. The fourth-order valence-corrected chi connectivity index (χ4v) is 3.29. The van der Waals surface area contributed by atoms with E-state index < -0.39 is 0 Å². The highest BCUT2D eigenvalue weighted by Crippen LogP contribution is 2.31. The van der Waals surface area contributed by atoms with E-state index in [1.807, 2.05) is 6.92 Å². The fraction of sp³-hybridized carbons (Fsp3) is 0.294. The topological polar surface area (TPSA) is 29.3 Å². The monoisotopic (exact) mass is 330 g/mol. The molecule has 1 unspecified atom stereocenters. The summed E-state index contributed by atoms with van der Waals surface area (Å²) in [6.45, 7) is 4.03. The van der Waals surface area contributed by atoms with Gasteiger partial charge in [-0.25, -0.2) is 0 Å². The van der Waals surface area contributed by atoms with Crippen molar-refractivity contribution < 1.29 is 0 Å². The first kappa shape index (κ1) is 13.7. The van der Waals surface area contributed by atoms with Crippen molar-refractivity contribution in [3.63, 3.8) is 0 Å². The van der Waals surface area contributed by atoms with Crippen molar-refractivity contribution in [3.8, 4) is 0 Å². The average Bonchev–Trinajstić information content (AvgIpc) is 2.84. The Bertz CT molecular complexity index is 597. The first-order valence-corrected chi connectivity index (χ1v) is 7.78. The Kier molecular flexibility index (Phi) is 3.81. The van der Waals surface area contributed by atoms with E-state index in [4.69, 9.17) is 5.73 Å². The van der Waals surface area contributed by atoms with Crippen LogP contribution in [0.5, 0.6) is 0 Å². The summed E-state index contributed by atoms with van der Waals surface area (Å²) in [7, 11) is 0. The van der Waals surface area contributed by atoms with E-state index >= 15 is 0 Å². The highest BCUT2D eigenvalue weighted by Gasteiger charge is 2.19. The largest absolute Gasteiger partial charge is 0.363 e. The van der Waals surface area contributed by atoms with Gasteiger partial charge in [-0.3, -0.25) is 0 Å². The molecule has 0 saturated heterocycles. The molecule has 0 bridgehead atoms. The van der Waals surface area contributed by atoms with E-state index in [0.29, 0.717) is 0 Å². The van der Waals surface area contributed by atoms with Gasteiger partial charge in [-0.05, 0) is 42.2 Å². The molecule has 3 heteroatoms. The van der Waals surface area contributed by atoms with Crippen LogP contribution in [0.25, 0.3) is 0 Å². The Morgan fingerprint density at radius 1 is 1.15 bits per heavy atom. The molecule has 2 aromatic carbocycles. The molecule has 0 radical (unpaired) electrons. The Hall–Kier alpha value is -1.32. The molecule has 1 aliphatic heterocycles. The third kappa shape index (κ3) is 2.74. The predicted molar refractivity (Wildman–Crippen MR) is 87.8 cm³/mol. The van der Waals surface area contributed by atoms with E-state index in [1.165, 1.54) is 22.4 Å². The van der Waals surface area contributed by atoms with Crippen LogP contribution in [0.1, 0.15) is 23.6 Å². The molecule has 1 atom stereocenters. The molecule has 0 aromatic heterocycles. The molecule has 3 rings (SSSR count). The van der Waals surface area contributed by atoms with Gasteiger partial charge in [0.1, 0.15) is 0 Å². The summed E-state index contributed by atoms with van der Waals surface area (Å²) in [4.78, 5) is 2.41. The number of halogens is 1. The minimum atomic E-state index is 0.188. The Labute approximate surface area is 128 Å². The lowest BCUT2D eigenvalue weighted by molar-refractivity contribution is 0.735. The van der Waals surface area contributed by atoms with Gasteiger partial charge in [0.2, 0.25) is 0 Å². The van der Waals surface area contributed by atoms with Gasteiger partial charge in [-0.15, -0.1) is 0 Å².